The molecule has 1 aromatic carbocycles. The maximum Gasteiger partial charge on any atom is 0.227 e. The van der Waals surface area contributed by atoms with Crippen LogP contribution in [0.25, 0.3) is 0 Å². The number of hydrogen-bond donors (Lipinski definition) is 1. The molecule has 1 aromatic rings. The molecule has 0 bridgehead atoms. The summed E-state index contributed by atoms with van der Waals surface area (Å²) in [6.45, 7) is 0. The van der Waals surface area contributed by atoms with E-state index in [1.807, 2.05) is 11.8 Å². The maximum absolute atomic E-state index is 12.3. The predicted octanol–water partition coefficient (Wildman–Crippen LogP) is 3.42. The van der Waals surface area contributed by atoms with Crippen LogP contribution in [-0.4, -0.2) is 24.5 Å². The number of nitrogen functional groups attached to an aromatic ring is 1. The number of anilines is 2. The van der Waals surface area contributed by atoms with Crippen molar-refractivity contribution in [3.8, 4) is 0 Å². The summed E-state index contributed by atoms with van der Waals surface area (Å²) in [5.41, 5.74) is 7.19. The van der Waals surface area contributed by atoms with Gasteiger partial charge < -0.3 is 10.6 Å². The molecule has 3 nitrogen and oxygen atoms in total. The third-order valence-corrected chi connectivity index (χ3v) is 4.82. The summed E-state index contributed by atoms with van der Waals surface area (Å²) in [5, 5.41) is 0.595. The minimum atomic E-state index is 0.117. The van der Waals surface area contributed by atoms with Crippen molar-refractivity contribution in [1.29, 1.82) is 0 Å². The summed E-state index contributed by atoms with van der Waals surface area (Å²) < 4.78 is 0. The molecular formula is C14H19ClN2OS. The average Bonchev–Trinajstić information content (AvgIpc) is 2.42. The highest BCUT2D eigenvalue weighted by Crippen LogP contribution is 2.29. The molecule has 1 aliphatic rings. The Morgan fingerprint density at radius 1 is 1.47 bits per heavy atom. The molecule has 2 rings (SSSR count). The molecular weight excluding hydrogens is 280 g/mol. The lowest BCUT2D eigenvalue weighted by atomic mass is 9.98. The SMILES string of the molecule is CN(C(=O)CC1CCSCC1)c1cc(Cl)ccc1N. The maximum atomic E-state index is 12.3. The summed E-state index contributed by atoms with van der Waals surface area (Å²) in [4.78, 5) is 13.9. The highest BCUT2D eigenvalue weighted by Gasteiger charge is 2.21. The van der Waals surface area contributed by atoms with Crippen LogP contribution in [0.3, 0.4) is 0 Å². The van der Waals surface area contributed by atoms with E-state index in [-0.39, 0.29) is 5.91 Å². The molecule has 5 heteroatoms. The minimum absolute atomic E-state index is 0.117. The van der Waals surface area contributed by atoms with Gasteiger partial charge in [-0.25, -0.2) is 0 Å². The fourth-order valence-corrected chi connectivity index (χ4v) is 3.65. The Labute approximate surface area is 123 Å². The van der Waals surface area contributed by atoms with Gasteiger partial charge in [0.15, 0.2) is 0 Å². The van der Waals surface area contributed by atoms with E-state index in [1.165, 1.54) is 11.5 Å². The first-order valence-electron chi connectivity index (χ1n) is 6.47. The normalized spacial score (nSPS) is 16.3. The Balaban J connectivity index is 2.03. The smallest absolute Gasteiger partial charge is 0.227 e. The summed E-state index contributed by atoms with van der Waals surface area (Å²) in [6, 6.07) is 5.21. The van der Waals surface area contributed by atoms with E-state index in [1.54, 1.807) is 30.1 Å². The van der Waals surface area contributed by atoms with Crippen molar-refractivity contribution < 1.29 is 4.79 Å². The molecule has 1 saturated heterocycles. The van der Waals surface area contributed by atoms with Gasteiger partial charge in [-0.3, -0.25) is 4.79 Å². The van der Waals surface area contributed by atoms with Crippen LogP contribution < -0.4 is 10.6 Å². The van der Waals surface area contributed by atoms with Gasteiger partial charge in [0.25, 0.3) is 0 Å². The van der Waals surface area contributed by atoms with Crippen molar-refractivity contribution in [3.63, 3.8) is 0 Å². The molecule has 1 fully saturated rings. The van der Waals surface area contributed by atoms with Gasteiger partial charge in [0.05, 0.1) is 11.4 Å². The van der Waals surface area contributed by atoms with Crippen molar-refractivity contribution in [3.05, 3.63) is 23.2 Å². The molecule has 0 saturated carbocycles. The molecule has 0 atom stereocenters. The average molecular weight is 299 g/mol. The summed E-state index contributed by atoms with van der Waals surface area (Å²) in [5.74, 6) is 2.96. The fourth-order valence-electron chi connectivity index (χ4n) is 2.28. The zero-order valence-electron chi connectivity index (χ0n) is 11.1. The van der Waals surface area contributed by atoms with Gasteiger partial charge in [0.1, 0.15) is 0 Å². The molecule has 0 aromatic heterocycles. The van der Waals surface area contributed by atoms with Crippen LogP contribution in [-0.2, 0) is 4.79 Å². The van der Waals surface area contributed by atoms with Crippen LogP contribution in [0.5, 0.6) is 0 Å². The number of nitrogens with zero attached hydrogens (tertiary/aromatic N) is 1. The lowest BCUT2D eigenvalue weighted by Crippen LogP contribution is -2.29. The van der Waals surface area contributed by atoms with Gasteiger partial charge in [-0.15, -0.1) is 0 Å². The van der Waals surface area contributed by atoms with Gasteiger partial charge in [-0.05, 0) is 48.5 Å². The van der Waals surface area contributed by atoms with E-state index in [4.69, 9.17) is 17.3 Å². The van der Waals surface area contributed by atoms with E-state index in [0.717, 1.165) is 12.8 Å². The molecule has 0 unspecified atom stereocenters. The standard InChI is InChI=1S/C14H19ClN2OS/c1-17(13-9-11(15)2-3-12(13)16)14(18)8-10-4-6-19-7-5-10/h2-3,9-10H,4-8,16H2,1H3. The van der Waals surface area contributed by atoms with Crippen LogP contribution >= 0.6 is 23.4 Å². The number of carbonyl (C=O) groups is 1. The molecule has 0 spiro atoms. The van der Waals surface area contributed by atoms with Gasteiger partial charge in [0, 0.05) is 18.5 Å². The van der Waals surface area contributed by atoms with Crippen LogP contribution in [0.1, 0.15) is 19.3 Å². The molecule has 1 aliphatic heterocycles. The van der Waals surface area contributed by atoms with E-state index in [2.05, 4.69) is 0 Å². The number of thioether (sulfide) groups is 1. The Bertz CT molecular complexity index is 461. The molecule has 0 aliphatic carbocycles. The minimum Gasteiger partial charge on any atom is -0.397 e. The molecule has 2 N–H and O–H groups in total. The van der Waals surface area contributed by atoms with Gasteiger partial charge in [-0.1, -0.05) is 11.6 Å². The number of benzene rings is 1. The topological polar surface area (TPSA) is 46.3 Å². The van der Waals surface area contributed by atoms with Crippen LogP contribution in [0.2, 0.25) is 5.02 Å². The van der Waals surface area contributed by atoms with Gasteiger partial charge in [0.2, 0.25) is 5.91 Å². The van der Waals surface area contributed by atoms with E-state index < -0.39 is 0 Å². The zero-order chi connectivity index (χ0) is 13.8. The number of hydrogen-bond acceptors (Lipinski definition) is 3. The Morgan fingerprint density at radius 3 is 2.84 bits per heavy atom. The molecule has 104 valence electrons. The summed E-state index contributed by atoms with van der Waals surface area (Å²) in [7, 11) is 1.77. The van der Waals surface area contributed by atoms with Crippen molar-refractivity contribution in [2.24, 2.45) is 5.92 Å². The van der Waals surface area contributed by atoms with E-state index in [0.29, 0.717) is 28.7 Å². The zero-order valence-corrected chi connectivity index (χ0v) is 12.6. The molecule has 1 heterocycles. The van der Waals surface area contributed by atoms with E-state index >= 15 is 0 Å². The number of amides is 1. The third kappa shape index (κ3) is 3.80. The van der Waals surface area contributed by atoms with Gasteiger partial charge >= 0.3 is 0 Å². The second-order valence-corrected chi connectivity index (χ2v) is 6.58. The van der Waals surface area contributed by atoms with Crippen molar-refractivity contribution in [2.45, 2.75) is 19.3 Å². The lowest BCUT2D eigenvalue weighted by Gasteiger charge is -2.25. The highest BCUT2D eigenvalue weighted by molar-refractivity contribution is 7.99. The van der Waals surface area contributed by atoms with Crippen LogP contribution in [0.4, 0.5) is 11.4 Å². The molecule has 1 amide bonds. The number of carbonyl (C=O) groups excluding carboxylic acids is 1. The number of nitrogens with two attached hydrogens (primary N) is 1. The quantitative estimate of drug-likeness (QED) is 0.870. The van der Waals surface area contributed by atoms with Crippen LogP contribution in [0, 0.1) is 5.92 Å². The number of halogens is 1. The van der Waals surface area contributed by atoms with Crippen LogP contribution in [0.15, 0.2) is 18.2 Å². The fraction of sp³-hybridized carbons (Fsp3) is 0.500. The second-order valence-electron chi connectivity index (χ2n) is 4.92. The summed E-state index contributed by atoms with van der Waals surface area (Å²) >= 11 is 7.93. The number of rotatable bonds is 3. The largest absolute Gasteiger partial charge is 0.397 e. The monoisotopic (exact) mass is 298 g/mol. The first kappa shape index (κ1) is 14.5. The molecule has 0 radical (unpaired) electrons. The second kappa shape index (κ2) is 6.53. The first-order chi connectivity index (χ1) is 9.08. The first-order valence-corrected chi connectivity index (χ1v) is 8.00. The predicted molar refractivity (Wildman–Crippen MR) is 83.9 cm³/mol. The van der Waals surface area contributed by atoms with Crippen molar-refractivity contribution >= 4 is 40.6 Å². The van der Waals surface area contributed by atoms with E-state index in [9.17, 15) is 4.79 Å². The summed E-state index contributed by atoms with van der Waals surface area (Å²) in [6.07, 6.45) is 2.87. The Morgan fingerprint density at radius 2 is 2.16 bits per heavy atom. The molecule has 19 heavy (non-hydrogen) atoms. The Kier molecular flexibility index (Phi) is 4.99. The van der Waals surface area contributed by atoms with Crippen molar-refractivity contribution in [2.75, 3.05) is 29.2 Å². The van der Waals surface area contributed by atoms with Gasteiger partial charge in [-0.2, -0.15) is 11.8 Å². The highest BCUT2D eigenvalue weighted by atomic mass is 35.5. The third-order valence-electron chi connectivity index (χ3n) is 3.53. The Hall–Kier alpha value is -0.870. The lowest BCUT2D eigenvalue weighted by molar-refractivity contribution is -0.119. The van der Waals surface area contributed by atoms with Crippen molar-refractivity contribution in [1.82, 2.24) is 0 Å².